The van der Waals surface area contributed by atoms with E-state index in [-0.39, 0.29) is 0 Å². The molecular formula is C20H34O3. The van der Waals surface area contributed by atoms with Crippen LogP contribution in [0.25, 0.3) is 0 Å². The number of allylic oxidation sites excluding steroid dienone is 3. The normalized spacial score (nSPS) is 11.4. The molecule has 0 atom stereocenters. The van der Waals surface area contributed by atoms with Crippen molar-refractivity contribution in [1.29, 1.82) is 0 Å². The molecule has 3 nitrogen and oxygen atoms in total. The Balaban J connectivity index is 3.37. The van der Waals surface area contributed by atoms with E-state index in [0.29, 0.717) is 6.42 Å². The van der Waals surface area contributed by atoms with Gasteiger partial charge in [-0.05, 0) is 13.3 Å². The number of ether oxygens (including phenoxy) is 1. The summed E-state index contributed by atoms with van der Waals surface area (Å²) in [6, 6.07) is 0. The highest BCUT2D eigenvalue weighted by atomic mass is 16.6. The first-order valence-electron chi connectivity index (χ1n) is 9.24. The Hall–Kier alpha value is -1.38. The minimum atomic E-state index is -0.587. The molecule has 0 aliphatic rings. The van der Waals surface area contributed by atoms with Crippen LogP contribution in [0.3, 0.4) is 0 Å². The number of carbonyl (C=O) groups is 2. The van der Waals surface area contributed by atoms with Gasteiger partial charge in [0, 0.05) is 12.5 Å². The van der Waals surface area contributed by atoms with Crippen LogP contribution >= 0.6 is 0 Å². The van der Waals surface area contributed by atoms with Crippen LogP contribution < -0.4 is 0 Å². The van der Waals surface area contributed by atoms with Gasteiger partial charge in [0.2, 0.25) is 0 Å². The predicted molar refractivity (Wildman–Crippen MR) is 96.1 cm³/mol. The van der Waals surface area contributed by atoms with Crippen LogP contribution in [-0.2, 0) is 14.3 Å². The Labute approximate surface area is 142 Å². The summed E-state index contributed by atoms with van der Waals surface area (Å²) in [6.07, 6.45) is 20.3. The van der Waals surface area contributed by atoms with E-state index in [1.54, 1.807) is 18.2 Å². The van der Waals surface area contributed by atoms with Crippen LogP contribution in [0.2, 0.25) is 0 Å². The molecule has 0 amide bonds. The molecule has 0 bridgehead atoms. The lowest BCUT2D eigenvalue weighted by atomic mass is 10.1. The fourth-order valence-electron chi connectivity index (χ4n) is 2.38. The van der Waals surface area contributed by atoms with Gasteiger partial charge in [0.05, 0.1) is 0 Å². The van der Waals surface area contributed by atoms with Crippen LogP contribution in [0.15, 0.2) is 24.3 Å². The molecule has 0 aromatic heterocycles. The number of rotatable bonds is 14. The van der Waals surface area contributed by atoms with Crippen molar-refractivity contribution in [2.75, 3.05) is 0 Å². The van der Waals surface area contributed by atoms with Gasteiger partial charge in [-0.1, -0.05) is 89.4 Å². The molecule has 0 fully saturated rings. The van der Waals surface area contributed by atoms with Crippen molar-refractivity contribution in [2.45, 2.75) is 90.9 Å². The second kappa shape index (κ2) is 17.0. The lowest BCUT2D eigenvalue weighted by molar-refractivity contribution is -0.156. The van der Waals surface area contributed by atoms with E-state index in [1.165, 1.54) is 57.4 Å². The van der Waals surface area contributed by atoms with Gasteiger partial charge in [0.1, 0.15) is 0 Å². The topological polar surface area (TPSA) is 43.4 Å². The molecular weight excluding hydrogens is 288 g/mol. The molecule has 0 aromatic rings. The standard InChI is InChI=1S/C20H34O3/c1-3-5-7-8-9-10-11-12-13-14-16-18-20(22)23-19(21)17-15-6-4-2/h4,6,15,17H,3,5,7-14,16,18H2,1-2H3/b6-4+,17-15+. The van der Waals surface area contributed by atoms with Gasteiger partial charge in [0.25, 0.3) is 0 Å². The SMILES string of the molecule is C/C=C/C=C/C(=O)OC(=O)CCCCCCCCCCCCC. The maximum Gasteiger partial charge on any atom is 0.338 e. The highest BCUT2D eigenvalue weighted by Crippen LogP contribution is 2.12. The van der Waals surface area contributed by atoms with Crippen LogP contribution in [0.4, 0.5) is 0 Å². The van der Waals surface area contributed by atoms with Crippen LogP contribution in [0, 0.1) is 0 Å². The molecule has 132 valence electrons. The van der Waals surface area contributed by atoms with E-state index in [1.807, 2.05) is 6.92 Å². The molecule has 0 rings (SSSR count). The highest BCUT2D eigenvalue weighted by molar-refractivity contribution is 5.92. The predicted octanol–water partition coefficient (Wildman–Crippen LogP) is 5.89. The Bertz CT molecular complexity index is 356. The maximum absolute atomic E-state index is 11.5. The van der Waals surface area contributed by atoms with Crippen molar-refractivity contribution < 1.29 is 14.3 Å². The fraction of sp³-hybridized carbons (Fsp3) is 0.700. The third kappa shape index (κ3) is 16.8. The molecule has 0 radical (unpaired) electrons. The monoisotopic (exact) mass is 322 g/mol. The Kier molecular flexibility index (Phi) is 16.0. The highest BCUT2D eigenvalue weighted by Gasteiger charge is 2.06. The van der Waals surface area contributed by atoms with E-state index >= 15 is 0 Å². The third-order valence-corrected chi connectivity index (χ3v) is 3.73. The van der Waals surface area contributed by atoms with Gasteiger partial charge >= 0.3 is 11.9 Å². The minimum absolute atomic E-state index is 0.334. The first-order chi connectivity index (χ1) is 11.2. The van der Waals surface area contributed by atoms with Crippen LogP contribution in [0.1, 0.15) is 90.9 Å². The summed E-state index contributed by atoms with van der Waals surface area (Å²) in [5, 5.41) is 0. The smallest absolute Gasteiger partial charge is 0.338 e. The summed E-state index contributed by atoms with van der Waals surface area (Å²) >= 11 is 0. The average Bonchev–Trinajstić information content (AvgIpc) is 2.52. The minimum Gasteiger partial charge on any atom is -0.390 e. The summed E-state index contributed by atoms with van der Waals surface area (Å²) in [4.78, 5) is 22.7. The van der Waals surface area contributed by atoms with Crippen molar-refractivity contribution in [3.63, 3.8) is 0 Å². The number of hydrogen-bond donors (Lipinski definition) is 0. The zero-order valence-electron chi connectivity index (χ0n) is 15.0. The lowest BCUT2D eigenvalue weighted by Crippen LogP contribution is -2.09. The first-order valence-corrected chi connectivity index (χ1v) is 9.24. The van der Waals surface area contributed by atoms with E-state index < -0.39 is 11.9 Å². The molecule has 0 aromatic carbocycles. The molecule has 0 saturated carbocycles. The molecule has 0 N–H and O–H groups in total. The summed E-state index contributed by atoms with van der Waals surface area (Å²) in [7, 11) is 0. The second-order valence-electron chi connectivity index (χ2n) is 5.96. The van der Waals surface area contributed by atoms with Gasteiger partial charge in [-0.15, -0.1) is 0 Å². The Morgan fingerprint density at radius 3 is 1.83 bits per heavy atom. The van der Waals surface area contributed by atoms with Crippen molar-refractivity contribution in [2.24, 2.45) is 0 Å². The number of hydrogen-bond acceptors (Lipinski definition) is 3. The van der Waals surface area contributed by atoms with Gasteiger partial charge in [-0.25, -0.2) is 4.79 Å². The number of unbranched alkanes of at least 4 members (excludes halogenated alkanes) is 10. The lowest BCUT2D eigenvalue weighted by Gasteiger charge is -2.02. The van der Waals surface area contributed by atoms with Gasteiger partial charge in [0.15, 0.2) is 0 Å². The van der Waals surface area contributed by atoms with Crippen molar-refractivity contribution in [1.82, 2.24) is 0 Å². The van der Waals surface area contributed by atoms with Crippen molar-refractivity contribution >= 4 is 11.9 Å². The van der Waals surface area contributed by atoms with E-state index in [9.17, 15) is 9.59 Å². The molecule has 0 aliphatic heterocycles. The maximum atomic E-state index is 11.5. The average molecular weight is 322 g/mol. The largest absolute Gasteiger partial charge is 0.390 e. The zero-order valence-corrected chi connectivity index (χ0v) is 15.0. The molecule has 0 spiro atoms. The third-order valence-electron chi connectivity index (χ3n) is 3.73. The Morgan fingerprint density at radius 2 is 1.30 bits per heavy atom. The molecule has 0 unspecified atom stereocenters. The van der Waals surface area contributed by atoms with Crippen molar-refractivity contribution in [3.05, 3.63) is 24.3 Å². The van der Waals surface area contributed by atoms with Gasteiger partial charge in [-0.3, -0.25) is 4.79 Å². The van der Waals surface area contributed by atoms with Crippen LogP contribution in [-0.4, -0.2) is 11.9 Å². The van der Waals surface area contributed by atoms with E-state index in [4.69, 9.17) is 4.74 Å². The van der Waals surface area contributed by atoms with Crippen LogP contribution in [0.5, 0.6) is 0 Å². The van der Waals surface area contributed by atoms with Crippen molar-refractivity contribution in [3.8, 4) is 0 Å². The fourth-order valence-corrected chi connectivity index (χ4v) is 2.38. The van der Waals surface area contributed by atoms with Gasteiger partial charge in [-0.2, -0.15) is 0 Å². The number of esters is 2. The summed E-state index contributed by atoms with van der Waals surface area (Å²) in [5.74, 6) is -1.01. The summed E-state index contributed by atoms with van der Waals surface area (Å²) < 4.78 is 4.69. The first kappa shape index (κ1) is 21.6. The van der Waals surface area contributed by atoms with Gasteiger partial charge < -0.3 is 4.74 Å². The molecule has 0 heterocycles. The quantitative estimate of drug-likeness (QED) is 0.132. The second-order valence-corrected chi connectivity index (χ2v) is 5.96. The summed E-state index contributed by atoms with van der Waals surface area (Å²) in [5.41, 5.74) is 0. The molecule has 23 heavy (non-hydrogen) atoms. The molecule has 0 saturated heterocycles. The van der Waals surface area contributed by atoms with E-state index in [0.717, 1.165) is 19.3 Å². The number of carbonyl (C=O) groups excluding carboxylic acids is 2. The zero-order chi connectivity index (χ0) is 17.2. The van der Waals surface area contributed by atoms with E-state index in [2.05, 4.69) is 6.92 Å². The molecule has 3 heteroatoms. The summed E-state index contributed by atoms with van der Waals surface area (Å²) in [6.45, 7) is 4.10. The molecule has 0 aliphatic carbocycles. The Morgan fingerprint density at radius 1 is 0.783 bits per heavy atom.